The first kappa shape index (κ1) is 20.9. The molecule has 0 fully saturated rings. The Morgan fingerprint density at radius 2 is 2.04 bits per heavy atom. The third kappa shape index (κ3) is 4.46. The number of ether oxygens (including phenoxy) is 1. The molecule has 1 aliphatic heterocycles. The number of carbonyl (C=O) groups excluding carboxylic acids is 2. The number of anilines is 2. The zero-order chi connectivity index (χ0) is 18.8. The van der Waals surface area contributed by atoms with Crippen molar-refractivity contribution in [3.8, 4) is 5.75 Å². The van der Waals surface area contributed by atoms with E-state index in [0.717, 1.165) is 16.8 Å². The first-order valence-electron chi connectivity index (χ1n) is 8.25. The number of hydrogen-bond acceptors (Lipinski definition) is 4. The molecule has 4 N–H and O–H groups in total. The van der Waals surface area contributed by atoms with Crippen LogP contribution in [-0.2, 0) is 11.2 Å². The Bertz CT molecular complexity index is 887. The largest absolute Gasteiger partial charge is 0.496 e. The number of nitrogens with two attached hydrogens (primary N) is 1. The molecular weight excluding hydrogens is 389 g/mol. The molecule has 0 saturated carbocycles. The van der Waals surface area contributed by atoms with Crippen LogP contribution < -0.4 is 21.1 Å². The Morgan fingerprint density at radius 3 is 2.74 bits per heavy atom. The van der Waals surface area contributed by atoms with Gasteiger partial charge < -0.3 is 21.1 Å². The highest BCUT2D eigenvalue weighted by Gasteiger charge is 2.20. The number of aryl methyl sites for hydroxylation is 1. The summed E-state index contributed by atoms with van der Waals surface area (Å²) in [6.07, 6.45) is 1.16. The number of hydrogen-bond donors (Lipinski definition) is 3. The minimum atomic E-state index is -0.303. The van der Waals surface area contributed by atoms with Crippen LogP contribution in [0, 0.1) is 0 Å². The van der Waals surface area contributed by atoms with Gasteiger partial charge in [0.2, 0.25) is 5.91 Å². The van der Waals surface area contributed by atoms with Crippen molar-refractivity contribution in [3.05, 3.63) is 52.0 Å². The summed E-state index contributed by atoms with van der Waals surface area (Å²) in [5, 5.41) is 6.09. The molecule has 0 saturated heterocycles. The zero-order valence-corrected chi connectivity index (χ0v) is 16.5. The molecule has 0 spiro atoms. The van der Waals surface area contributed by atoms with Gasteiger partial charge in [0.25, 0.3) is 5.91 Å². The van der Waals surface area contributed by atoms with Gasteiger partial charge in [-0.3, -0.25) is 9.59 Å². The number of halogens is 2. The summed E-state index contributed by atoms with van der Waals surface area (Å²) >= 11 is 6.04. The fourth-order valence-electron chi connectivity index (χ4n) is 2.95. The van der Waals surface area contributed by atoms with E-state index in [0.29, 0.717) is 34.9 Å². The molecule has 8 heteroatoms. The third-order valence-corrected chi connectivity index (χ3v) is 4.76. The van der Waals surface area contributed by atoms with E-state index >= 15 is 0 Å². The highest BCUT2D eigenvalue weighted by atomic mass is 35.5. The second-order valence-electron chi connectivity index (χ2n) is 6.23. The molecule has 0 radical (unpaired) electrons. The van der Waals surface area contributed by atoms with E-state index in [9.17, 15) is 9.59 Å². The summed E-state index contributed by atoms with van der Waals surface area (Å²) in [7, 11) is 1.47. The van der Waals surface area contributed by atoms with Gasteiger partial charge in [0.15, 0.2) is 0 Å². The molecule has 27 heavy (non-hydrogen) atoms. The van der Waals surface area contributed by atoms with Crippen LogP contribution in [0.3, 0.4) is 0 Å². The average molecular weight is 410 g/mol. The van der Waals surface area contributed by atoms with E-state index in [1.165, 1.54) is 19.2 Å². The number of nitrogen functional groups attached to an aromatic ring is 1. The number of rotatable bonds is 4. The summed E-state index contributed by atoms with van der Waals surface area (Å²) in [6, 6.07) is 8.57. The van der Waals surface area contributed by atoms with Crippen LogP contribution in [0.2, 0.25) is 5.02 Å². The van der Waals surface area contributed by atoms with Crippen molar-refractivity contribution >= 4 is 47.2 Å². The first-order chi connectivity index (χ1) is 12.4. The Kier molecular flexibility index (Phi) is 6.57. The van der Waals surface area contributed by atoms with Gasteiger partial charge in [-0.15, -0.1) is 12.4 Å². The fraction of sp³-hybridized carbons (Fsp3) is 0.263. The second kappa shape index (κ2) is 8.50. The zero-order valence-electron chi connectivity index (χ0n) is 15.0. The molecule has 1 unspecified atom stereocenters. The highest BCUT2D eigenvalue weighted by molar-refractivity contribution is 6.33. The second-order valence-corrected chi connectivity index (χ2v) is 6.64. The molecule has 0 bridgehead atoms. The standard InChI is InChI=1S/C19H20ClN3O3.ClH/c1-10(11-3-5-16-12(7-11)4-6-18(24)23-16)22-19(25)13-8-14(20)15(21)9-17(13)26-2;/h3,5,7-10H,4,6,21H2,1-2H3,(H,22,25)(H,23,24);1H. The Labute approximate surface area is 168 Å². The van der Waals surface area contributed by atoms with Crippen LogP contribution in [0.1, 0.15) is 40.9 Å². The average Bonchev–Trinajstić information content (AvgIpc) is 2.62. The molecule has 0 aromatic heterocycles. The maximum absolute atomic E-state index is 12.7. The van der Waals surface area contributed by atoms with Crippen LogP contribution >= 0.6 is 24.0 Å². The minimum Gasteiger partial charge on any atom is -0.496 e. The number of carbonyl (C=O) groups is 2. The molecule has 2 aromatic carbocycles. The molecule has 2 aromatic rings. The van der Waals surface area contributed by atoms with Crippen molar-refractivity contribution < 1.29 is 14.3 Å². The quantitative estimate of drug-likeness (QED) is 0.670. The molecular formula is C19H21Cl2N3O3. The Morgan fingerprint density at radius 1 is 1.30 bits per heavy atom. The summed E-state index contributed by atoms with van der Waals surface area (Å²) < 4.78 is 5.23. The number of fused-ring (bicyclic) bond motifs is 1. The van der Waals surface area contributed by atoms with Gasteiger partial charge in [0.1, 0.15) is 5.75 Å². The maximum Gasteiger partial charge on any atom is 0.255 e. The molecule has 3 rings (SSSR count). The normalized spacial score (nSPS) is 13.7. The number of nitrogens with one attached hydrogen (secondary N) is 2. The van der Waals surface area contributed by atoms with Crippen LogP contribution in [0.4, 0.5) is 11.4 Å². The lowest BCUT2D eigenvalue weighted by Gasteiger charge is -2.21. The van der Waals surface area contributed by atoms with E-state index in [1.807, 2.05) is 25.1 Å². The van der Waals surface area contributed by atoms with Gasteiger partial charge in [0.05, 0.1) is 29.4 Å². The van der Waals surface area contributed by atoms with Crippen LogP contribution in [0.15, 0.2) is 30.3 Å². The van der Waals surface area contributed by atoms with Crippen molar-refractivity contribution in [2.45, 2.75) is 25.8 Å². The number of amides is 2. The lowest BCUT2D eigenvalue weighted by atomic mass is 9.97. The van der Waals surface area contributed by atoms with Crippen LogP contribution in [0.25, 0.3) is 0 Å². The summed E-state index contributed by atoms with van der Waals surface area (Å²) in [5.41, 5.74) is 9.28. The SMILES string of the molecule is COc1cc(N)c(Cl)cc1C(=O)NC(C)c1ccc2c(c1)CCC(=O)N2.Cl. The topological polar surface area (TPSA) is 93.4 Å². The predicted octanol–water partition coefficient (Wildman–Crippen LogP) is 3.73. The summed E-state index contributed by atoms with van der Waals surface area (Å²) in [6.45, 7) is 1.90. The van der Waals surface area contributed by atoms with E-state index in [-0.39, 0.29) is 30.3 Å². The predicted molar refractivity (Wildman–Crippen MR) is 109 cm³/mol. The highest BCUT2D eigenvalue weighted by Crippen LogP contribution is 2.30. The maximum atomic E-state index is 12.7. The van der Waals surface area contributed by atoms with Crippen molar-refractivity contribution in [2.24, 2.45) is 0 Å². The van der Waals surface area contributed by atoms with Gasteiger partial charge in [0, 0.05) is 18.2 Å². The monoisotopic (exact) mass is 409 g/mol. The molecule has 2 amide bonds. The third-order valence-electron chi connectivity index (χ3n) is 4.44. The van der Waals surface area contributed by atoms with Gasteiger partial charge in [-0.25, -0.2) is 0 Å². The van der Waals surface area contributed by atoms with E-state index in [2.05, 4.69) is 10.6 Å². The molecule has 144 valence electrons. The van der Waals surface area contributed by atoms with Crippen LogP contribution in [0.5, 0.6) is 5.75 Å². The van der Waals surface area contributed by atoms with Crippen molar-refractivity contribution in [2.75, 3.05) is 18.2 Å². The minimum absolute atomic E-state index is 0. The lowest BCUT2D eigenvalue weighted by Crippen LogP contribution is -2.27. The van der Waals surface area contributed by atoms with E-state index in [1.54, 1.807) is 0 Å². The first-order valence-corrected chi connectivity index (χ1v) is 8.63. The van der Waals surface area contributed by atoms with Gasteiger partial charge >= 0.3 is 0 Å². The van der Waals surface area contributed by atoms with Gasteiger partial charge in [-0.05, 0) is 36.6 Å². The van der Waals surface area contributed by atoms with Gasteiger partial charge in [-0.2, -0.15) is 0 Å². The molecule has 1 aliphatic rings. The van der Waals surface area contributed by atoms with Crippen molar-refractivity contribution in [1.82, 2.24) is 5.32 Å². The van der Waals surface area contributed by atoms with E-state index < -0.39 is 0 Å². The smallest absolute Gasteiger partial charge is 0.255 e. The molecule has 1 heterocycles. The summed E-state index contributed by atoms with van der Waals surface area (Å²) in [4.78, 5) is 24.1. The van der Waals surface area contributed by atoms with Gasteiger partial charge in [-0.1, -0.05) is 23.7 Å². The Balaban J connectivity index is 0.00000261. The molecule has 1 atom stereocenters. The molecule has 6 nitrogen and oxygen atoms in total. The molecule has 0 aliphatic carbocycles. The fourth-order valence-corrected chi connectivity index (χ4v) is 3.11. The van der Waals surface area contributed by atoms with Crippen molar-refractivity contribution in [3.63, 3.8) is 0 Å². The van der Waals surface area contributed by atoms with E-state index in [4.69, 9.17) is 22.1 Å². The number of methoxy groups -OCH3 is 1. The lowest BCUT2D eigenvalue weighted by molar-refractivity contribution is -0.116. The van der Waals surface area contributed by atoms with Crippen LogP contribution in [-0.4, -0.2) is 18.9 Å². The Hall–Kier alpha value is -2.44. The number of benzene rings is 2. The van der Waals surface area contributed by atoms with Crippen molar-refractivity contribution in [1.29, 1.82) is 0 Å². The summed E-state index contributed by atoms with van der Waals surface area (Å²) in [5.74, 6) is 0.0888.